The Hall–Kier alpha value is -2.63. The number of aryl methyl sites for hydroxylation is 2. The van der Waals surface area contributed by atoms with Crippen molar-refractivity contribution in [2.75, 3.05) is 13.1 Å². The van der Waals surface area contributed by atoms with Gasteiger partial charge in [0.15, 0.2) is 22.0 Å². The molecule has 11 heteroatoms. The Morgan fingerprint density at radius 1 is 1.29 bits per heavy atom. The summed E-state index contributed by atoms with van der Waals surface area (Å²) in [5.74, 6) is 1.24. The van der Waals surface area contributed by atoms with Gasteiger partial charge in [0.2, 0.25) is 4.90 Å². The maximum absolute atomic E-state index is 12.9. The lowest BCUT2D eigenvalue weighted by atomic mass is 9.98. The molecule has 0 aliphatic carbocycles. The van der Waals surface area contributed by atoms with Crippen molar-refractivity contribution in [3.8, 4) is 5.82 Å². The molecule has 0 spiro atoms. The van der Waals surface area contributed by atoms with E-state index in [0.29, 0.717) is 43.3 Å². The Bertz CT molecular complexity index is 1060. The summed E-state index contributed by atoms with van der Waals surface area (Å²) in [6, 6.07) is 5.24. The number of pyridine rings is 1. The molecule has 1 atom stereocenters. The fourth-order valence-electron chi connectivity index (χ4n) is 3.50. The highest BCUT2D eigenvalue weighted by atomic mass is 32.3. The van der Waals surface area contributed by atoms with E-state index in [1.165, 1.54) is 8.99 Å². The molecule has 4 rings (SSSR count). The van der Waals surface area contributed by atoms with Crippen molar-refractivity contribution in [3.05, 3.63) is 52.2 Å². The first kappa shape index (κ1) is 18.7. The molecule has 0 saturated carbocycles. The summed E-state index contributed by atoms with van der Waals surface area (Å²) < 4.78 is 33.5. The van der Waals surface area contributed by atoms with Crippen LogP contribution in [-0.4, -0.2) is 46.9 Å². The van der Waals surface area contributed by atoms with Crippen molar-refractivity contribution in [3.63, 3.8) is 0 Å². The van der Waals surface area contributed by atoms with Gasteiger partial charge in [0, 0.05) is 32.1 Å². The van der Waals surface area contributed by atoms with Crippen LogP contribution in [0.5, 0.6) is 0 Å². The number of aromatic amines is 1. The second-order valence-electron chi connectivity index (χ2n) is 6.75. The van der Waals surface area contributed by atoms with Gasteiger partial charge in [-0.3, -0.25) is 4.98 Å². The topological polar surface area (TPSA) is 133 Å². The Balaban J connectivity index is 1.51. The SMILES string of the molecule is Cc1noc(C)c1[S+](=O)([O-])N1CCC(c2nn(-c3ccccn3)c(=O)[nH]2)CC1. The van der Waals surface area contributed by atoms with Gasteiger partial charge in [-0.1, -0.05) is 15.4 Å². The molecule has 1 N–H and O–H groups in total. The van der Waals surface area contributed by atoms with Crippen LogP contribution in [-0.2, 0) is 14.6 Å². The molecule has 10 nitrogen and oxygen atoms in total. The molecule has 4 heterocycles. The molecule has 3 aromatic heterocycles. The number of hydrogen-bond acceptors (Lipinski definition) is 7. The average molecular weight is 404 g/mol. The lowest BCUT2D eigenvalue weighted by Crippen LogP contribution is -2.42. The maximum Gasteiger partial charge on any atom is 0.349 e. The van der Waals surface area contributed by atoms with E-state index < -0.39 is 10.4 Å². The van der Waals surface area contributed by atoms with Crippen molar-refractivity contribution in [2.45, 2.75) is 37.5 Å². The standard InChI is InChI=1S/C17H20N6O4S/c1-11-15(12(2)27-21-11)28(25,26)22-9-6-13(7-10-22)16-19-17(24)23(20-16)14-5-3-4-8-18-14/h3-5,8,13H,6-7,9-10H2,1-2H3,(H-,19,20,24,25,26). The van der Waals surface area contributed by atoms with Gasteiger partial charge in [0.25, 0.3) is 0 Å². The van der Waals surface area contributed by atoms with Gasteiger partial charge in [-0.2, -0.15) is 4.68 Å². The summed E-state index contributed by atoms with van der Waals surface area (Å²) in [5, 5.41) is 8.10. The molecule has 148 valence electrons. The number of nitrogens with one attached hydrogen (secondary N) is 1. The minimum atomic E-state index is -3.66. The Morgan fingerprint density at radius 3 is 2.64 bits per heavy atom. The van der Waals surface area contributed by atoms with Crippen molar-refractivity contribution in [2.24, 2.45) is 0 Å². The predicted molar refractivity (Wildman–Crippen MR) is 98.6 cm³/mol. The quantitative estimate of drug-likeness (QED) is 0.649. The summed E-state index contributed by atoms with van der Waals surface area (Å²) in [4.78, 5) is 19.3. The summed E-state index contributed by atoms with van der Waals surface area (Å²) in [7, 11) is -3.66. The summed E-state index contributed by atoms with van der Waals surface area (Å²) in [5.41, 5.74) is -0.00229. The van der Waals surface area contributed by atoms with Gasteiger partial charge >= 0.3 is 5.69 Å². The monoisotopic (exact) mass is 404 g/mol. The molecule has 28 heavy (non-hydrogen) atoms. The largest absolute Gasteiger partial charge is 0.593 e. The highest BCUT2D eigenvalue weighted by Crippen LogP contribution is 2.33. The maximum atomic E-state index is 12.9. The number of aromatic nitrogens is 5. The Labute approximate surface area is 162 Å². The van der Waals surface area contributed by atoms with Crippen LogP contribution in [0, 0.1) is 13.8 Å². The van der Waals surface area contributed by atoms with E-state index in [1.54, 1.807) is 38.2 Å². The molecule has 1 aliphatic rings. The number of hydrogen-bond donors (Lipinski definition) is 1. The van der Waals surface area contributed by atoms with Gasteiger partial charge in [-0.15, -0.1) is 9.40 Å². The third-order valence-electron chi connectivity index (χ3n) is 4.91. The van der Waals surface area contributed by atoms with E-state index in [2.05, 4.69) is 20.2 Å². The predicted octanol–water partition coefficient (Wildman–Crippen LogP) is 1.34. The Kier molecular flexibility index (Phi) is 4.73. The number of piperidine rings is 1. The van der Waals surface area contributed by atoms with Gasteiger partial charge in [-0.05, 0) is 31.9 Å². The van der Waals surface area contributed by atoms with Gasteiger partial charge in [-0.25, -0.2) is 9.78 Å². The van der Waals surface area contributed by atoms with E-state index in [0.717, 1.165) is 0 Å². The lowest BCUT2D eigenvalue weighted by Gasteiger charge is -2.32. The number of rotatable bonds is 4. The molecule has 3 aromatic rings. The van der Waals surface area contributed by atoms with Gasteiger partial charge < -0.3 is 9.08 Å². The van der Waals surface area contributed by atoms with Crippen LogP contribution >= 0.6 is 0 Å². The molecular weight excluding hydrogens is 384 g/mol. The molecule has 1 saturated heterocycles. The zero-order valence-corrected chi connectivity index (χ0v) is 16.3. The van der Waals surface area contributed by atoms with E-state index in [-0.39, 0.29) is 22.3 Å². The third kappa shape index (κ3) is 3.21. The smallest absolute Gasteiger partial charge is 0.349 e. The normalized spacial score (nSPS) is 18.2. The average Bonchev–Trinajstić information content (AvgIpc) is 3.25. The molecular formula is C17H20N6O4S. The second-order valence-corrected chi connectivity index (χ2v) is 8.62. The Morgan fingerprint density at radius 2 is 2.04 bits per heavy atom. The fraction of sp³-hybridized carbons (Fsp3) is 0.412. The van der Waals surface area contributed by atoms with Crippen LogP contribution in [0.2, 0.25) is 0 Å². The first-order valence-electron chi connectivity index (χ1n) is 8.91. The van der Waals surface area contributed by atoms with Gasteiger partial charge in [0.05, 0.1) is 0 Å². The minimum absolute atomic E-state index is 0.0335. The lowest BCUT2D eigenvalue weighted by molar-refractivity contribution is 0.286. The van der Waals surface area contributed by atoms with Crippen LogP contribution < -0.4 is 5.69 Å². The van der Waals surface area contributed by atoms with Crippen molar-refractivity contribution in [1.82, 2.24) is 29.2 Å². The summed E-state index contributed by atoms with van der Waals surface area (Å²) in [6.45, 7) is 3.87. The van der Waals surface area contributed by atoms with E-state index in [4.69, 9.17) is 4.52 Å². The third-order valence-corrected chi connectivity index (χ3v) is 7.05. The zero-order valence-electron chi connectivity index (χ0n) is 15.5. The number of H-pyrrole nitrogens is 1. The first-order chi connectivity index (χ1) is 13.4. The van der Waals surface area contributed by atoms with Crippen LogP contribution in [0.3, 0.4) is 0 Å². The molecule has 0 bridgehead atoms. The van der Waals surface area contributed by atoms with Crippen molar-refractivity contribution < 1.29 is 13.3 Å². The minimum Gasteiger partial charge on any atom is -0.593 e. The van der Waals surface area contributed by atoms with Crippen LogP contribution in [0.25, 0.3) is 5.82 Å². The molecule has 0 aromatic carbocycles. The summed E-state index contributed by atoms with van der Waals surface area (Å²) >= 11 is 0. The molecule has 1 fully saturated rings. The fourth-order valence-corrected chi connectivity index (χ4v) is 5.26. The highest BCUT2D eigenvalue weighted by molar-refractivity contribution is 7.95. The van der Waals surface area contributed by atoms with E-state index >= 15 is 0 Å². The van der Waals surface area contributed by atoms with Crippen LogP contribution in [0.4, 0.5) is 0 Å². The van der Waals surface area contributed by atoms with E-state index in [1.807, 2.05) is 0 Å². The van der Waals surface area contributed by atoms with Crippen molar-refractivity contribution in [1.29, 1.82) is 0 Å². The molecule has 0 radical (unpaired) electrons. The van der Waals surface area contributed by atoms with Crippen LogP contribution in [0.15, 0.2) is 38.6 Å². The molecule has 1 aliphatic heterocycles. The van der Waals surface area contributed by atoms with Crippen molar-refractivity contribution >= 4 is 10.4 Å². The van der Waals surface area contributed by atoms with E-state index in [9.17, 15) is 13.6 Å². The van der Waals surface area contributed by atoms with Gasteiger partial charge in [0.1, 0.15) is 11.5 Å². The summed E-state index contributed by atoms with van der Waals surface area (Å²) in [6.07, 6.45) is 2.70. The second kappa shape index (κ2) is 7.08. The highest BCUT2D eigenvalue weighted by Gasteiger charge is 2.39. The number of nitrogens with zero attached hydrogens (tertiary/aromatic N) is 5. The van der Waals surface area contributed by atoms with Crippen LogP contribution in [0.1, 0.15) is 36.0 Å². The zero-order chi connectivity index (χ0) is 19.9. The molecule has 0 amide bonds. The first-order valence-corrected chi connectivity index (χ1v) is 10.4. The molecule has 1 unspecified atom stereocenters. The number of sulfonamides is 1.